The molecule has 0 aliphatic heterocycles. The Morgan fingerprint density at radius 1 is 1.00 bits per heavy atom. The summed E-state index contributed by atoms with van der Waals surface area (Å²) in [6, 6.07) is 6.19. The number of rotatable bonds is 5. The Kier molecular flexibility index (Phi) is 6.82. The molecule has 2 unspecified atom stereocenters. The molecule has 5 N–H and O–H groups in total. The molecule has 42 heavy (non-hydrogen) atoms. The monoisotopic (exact) mass is 577 g/mol. The van der Waals surface area contributed by atoms with E-state index in [2.05, 4.69) is 0 Å². The number of fused-ring (bicyclic) bond motifs is 3. The minimum atomic E-state index is -2.80. The Balaban J connectivity index is 1.67. The van der Waals surface area contributed by atoms with Crippen LogP contribution in [0, 0.1) is 23.7 Å². The third kappa shape index (κ3) is 3.97. The van der Waals surface area contributed by atoms with Crippen molar-refractivity contribution in [1.82, 2.24) is 4.90 Å². The molecule has 3 aliphatic rings. The predicted molar refractivity (Wildman–Crippen MR) is 148 cm³/mol. The first-order chi connectivity index (χ1) is 19.6. The van der Waals surface area contributed by atoms with Gasteiger partial charge in [-0.2, -0.15) is 0 Å². The molecule has 0 bridgehead atoms. The summed E-state index contributed by atoms with van der Waals surface area (Å²) in [4.78, 5) is 81.5. The van der Waals surface area contributed by atoms with Crippen molar-refractivity contribution in [2.24, 2.45) is 29.4 Å². The molecule has 2 saturated carbocycles. The van der Waals surface area contributed by atoms with E-state index < -0.39 is 76.1 Å². The lowest BCUT2D eigenvalue weighted by molar-refractivity contribution is -0.181. The van der Waals surface area contributed by atoms with E-state index >= 15 is 0 Å². The summed E-state index contributed by atoms with van der Waals surface area (Å²) in [5.74, 6) is -12.3. The lowest BCUT2D eigenvalue weighted by Gasteiger charge is -2.52. The van der Waals surface area contributed by atoms with Crippen molar-refractivity contribution in [3.05, 3.63) is 47.0 Å². The average Bonchev–Trinajstić information content (AvgIpc) is 2.90. The maximum atomic E-state index is 14.1. The molecule has 5 rings (SSSR count). The number of anilines is 1. The van der Waals surface area contributed by atoms with Crippen molar-refractivity contribution in [1.29, 1.82) is 0 Å². The fourth-order valence-corrected chi connectivity index (χ4v) is 7.06. The first-order valence-corrected chi connectivity index (χ1v) is 13.4. The van der Waals surface area contributed by atoms with Crippen LogP contribution in [0.2, 0.25) is 0 Å². The summed E-state index contributed by atoms with van der Waals surface area (Å²) in [5, 5.41) is 32.4. The number of primary amides is 1. The third-order valence-corrected chi connectivity index (χ3v) is 8.96. The number of likely N-dealkylation sites (N-methyl/N-ethyl adjacent to an activating group) is 1. The van der Waals surface area contributed by atoms with Crippen LogP contribution >= 0.6 is 0 Å². The van der Waals surface area contributed by atoms with E-state index in [4.69, 9.17) is 5.73 Å². The van der Waals surface area contributed by atoms with Gasteiger partial charge in [0.05, 0.1) is 23.1 Å². The van der Waals surface area contributed by atoms with Crippen molar-refractivity contribution >= 4 is 40.7 Å². The minimum absolute atomic E-state index is 0.0273. The third-order valence-electron chi connectivity index (χ3n) is 8.96. The van der Waals surface area contributed by atoms with Crippen LogP contribution in [0.4, 0.5) is 5.69 Å². The van der Waals surface area contributed by atoms with Crippen LogP contribution < -0.4 is 10.6 Å². The molecule has 0 heterocycles. The van der Waals surface area contributed by atoms with E-state index in [1.807, 2.05) is 0 Å². The zero-order valence-electron chi connectivity index (χ0n) is 23.5. The molecule has 2 aromatic carbocycles. The molecule has 12 nitrogen and oxygen atoms in total. The molecule has 2 aromatic rings. The van der Waals surface area contributed by atoms with Gasteiger partial charge in [-0.05, 0) is 62.2 Å². The smallest absolute Gasteiger partial charge is 0.335 e. The molecule has 2 fully saturated rings. The fourth-order valence-electron chi connectivity index (χ4n) is 7.06. The van der Waals surface area contributed by atoms with E-state index in [1.54, 1.807) is 25.1 Å². The zero-order valence-corrected chi connectivity index (χ0v) is 23.5. The number of carboxylic acids is 1. The number of hydrogen-bond acceptors (Lipinski definition) is 10. The second kappa shape index (κ2) is 9.85. The second-order valence-corrected chi connectivity index (χ2v) is 11.7. The number of phenolic OH excluding ortho intramolecular Hbond substituents is 1. The van der Waals surface area contributed by atoms with E-state index in [0.29, 0.717) is 16.8 Å². The first-order valence-electron chi connectivity index (χ1n) is 13.4. The molecule has 0 saturated heterocycles. The van der Waals surface area contributed by atoms with Gasteiger partial charge in [0.25, 0.3) is 0 Å². The zero-order chi connectivity index (χ0) is 31.0. The lowest BCUT2D eigenvalue weighted by Crippen LogP contribution is -2.74. The van der Waals surface area contributed by atoms with Gasteiger partial charge in [-0.15, -0.1) is 0 Å². The van der Waals surface area contributed by atoms with Gasteiger partial charge in [0.2, 0.25) is 5.91 Å². The number of aliphatic hydroxyl groups is 1. The van der Waals surface area contributed by atoms with Crippen LogP contribution in [-0.4, -0.2) is 95.1 Å². The summed E-state index contributed by atoms with van der Waals surface area (Å²) in [6.45, 7) is 0. The van der Waals surface area contributed by atoms with Gasteiger partial charge in [-0.3, -0.25) is 28.9 Å². The molecule has 0 aromatic heterocycles. The molecule has 220 valence electrons. The van der Waals surface area contributed by atoms with Crippen molar-refractivity contribution in [2.75, 3.05) is 33.1 Å². The number of Topliss-reactive ketones (excluding diaryl/α,β-unsaturated/α-hetero) is 4. The Hall–Kier alpha value is -4.42. The van der Waals surface area contributed by atoms with Crippen LogP contribution in [0.3, 0.4) is 0 Å². The normalized spacial score (nSPS) is 28.7. The van der Waals surface area contributed by atoms with Crippen LogP contribution in [0.1, 0.15) is 32.7 Å². The van der Waals surface area contributed by atoms with E-state index in [0.717, 1.165) is 0 Å². The molecule has 0 spiro atoms. The molecular weight excluding hydrogens is 546 g/mol. The minimum Gasteiger partial charge on any atom is -0.507 e. The van der Waals surface area contributed by atoms with Crippen molar-refractivity contribution in [3.63, 3.8) is 0 Å². The Morgan fingerprint density at radius 2 is 1.62 bits per heavy atom. The number of hydrogen-bond donors (Lipinski definition) is 4. The highest BCUT2D eigenvalue weighted by Gasteiger charge is 2.69. The molecule has 3 aliphatic carbocycles. The van der Waals surface area contributed by atoms with Crippen molar-refractivity contribution in [3.8, 4) is 16.9 Å². The van der Waals surface area contributed by atoms with E-state index in [1.165, 1.54) is 43.3 Å². The summed E-state index contributed by atoms with van der Waals surface area (Å²) in [5.41, 5.74) is 4.15. The number of aromatic hydroxyl groups is 1. The Labute approximate surface area is 240 Å². The summed E-state index contributed by atoms with van der Waals surface area (Å²) >= 11 is 0. The highest BCUT2D eigenvalue weighted by Crippen LogP contribution is 2.53. The highest BCUT2D eigenvalue weighted by molar-refractivity contribution is 6.32. The number of nitrogens with zero attached hydrogens (tertiary/aromatic N) is 2. The quantitative estimate of drug-likeness (QED) is 0.357. The van der Waals surface area contributed by atoms with Gasteiger partial charge < -0.3 is 26.0 Å². The SMILES string of the molecule is CN(C)c1cc(-c2ccc(C(=O)O)cc2)c(O)c2c1C[C@H]1C[C@H]3[C@@H](N(C)C)C(=O)C(C(N)=O)C(=O)[C@@]3(O)C(=O)C1C2=O. The lowest BCUT2D eigenvalue weighted by atomic mass is 9.52. The van der Waals surface area contributed by atoms with Crippen LogP contribution in [0.5, 0.6) is 5.75 Å². The van der Waals surface area contributed by atoms with Crippen molar-refractivity contribution in [2.45, 2.75) is 24.5 Å². The first kappa shape index (κ1) is 29.1. The van der Waals surface area contributed by atoms with Gasteiger partial charge >= 0.3 is 5.97 Å². The molecule has 1 amide bonds. The number of carboxylic acid groups (broad SMARTS) is 1. The Bertz CT molecular complexity index is 1580. The number of aromatic carboxylic acids is 1. The number of carbonyl (C=O) groups excluding carboxylic acids is 5. The Morgan fingerprint density at radius 3 is 2.14 bits per heavy atom. The summed E-state index contributed by atoms with van der Waals surface area (Å²) in [6.07, 6.45) is 0.0844. The standard InChI is InChI=1S/C30H31N3O9/c1-32(2)18-11-15(12-5-7-13(8-6-12)29(40)41)23(34)20-16(18)9-14-10-17-22(33(3)4)25(36)21(28(31)39)27(38)30(17,42)26(37)19(14)24(20)35/h5-8,11,14,17,19,21-22,34,42H,9-10H2,1-4H3,(H2,31,39)(H,40,41)/t14-,17-,19?,21?,22+,30-/m0/s1. The van der Waals surface area contributed by atoms with Crippen LogP contribution in [0.15, 0.2) is 30.3 Å². The van der Waals surface area contributed by atoms with Crippen LogP contribution in [0.25, 0.3) is 11.1 Å². The fraction of sp³-hybridized carbons (Fsp3) is 0.400. The number of amides is 1. The topological polar surface area (TPSA) is 196 Å². The second-order valence-electron chi connectivity index (χ2n) is 11.7. The van der Waals surface area contributed by atoms with Gasteiger partial charge in [-0.1, -0.05) is 12.1 Å². The van der Waals surface area contributed by atoms with Gasteiger partial charge in [-0.25, -0.2) is 4.79 Å². The van der Waals surface area contributed by atoms with Gasteiger partial charge in [0, 0.05) is 31.3 Å². The van der Waals surface area contributed by atoms with E-state index in [-0.39, 0.29) is 29.5 Å². The van der Waals surface area contributed by atoms with E-state index in [9.17, 15) is 44.1 Å². The van der Waals surface area contributed by atoms with Crippen LogP contribution in [-0.2, 0) is 25.6 Å². The number of benzene rings is 2. The number of phenols is 1. The molecule has 12 heteroatoms. The molecule has 6 atom stereocenters. The highest BCUT2D eigenvalue weighted by atomic mass is 16.4. The average molecular weight is 578 g/mol. The van der Waals surface area contributed by atoms with Crippen molar-refractivity contribution < 1.29 is 44.1 Å². The summed E-state index contributed by atoms with van der Waals surface area (Å²) in [7, 11) is 6.55. The number of ketones is 4. The maximum absolute atomic E-state index is 14.1. The van der Waals surface area contributed by atoms with Gasteiger partial charge in [0.15, 0.2) is 34.7 Å². The number of carbonyl (C=O) groups is 6. The molecule has 0 radical (unpaired) electrons. The maximum Gasteiger partial charge on any atom is 0.335 e. The largest absolute Gasteiger partial charge is 0.507 e. The number of nitrogens with two attached hydrogens (primary N) is 1. The predicted octanol–water partition coefficient (Wildman–Crippen LogP) is 0.298. The molecular formula is C30H31N3O9. The van der Waals surface area contributed by atoms with Gasteiger partial charge in [0.1, 0.15) is 5.75 Å². The summed E-state index contributed by atoms with van der Waals surface area (Å²) < 4.78 is 0.